The molecule has 4 aliphatic rings. The summed E-state index contributed by atoms with van der Waals surface area (Å²) in [6, 6.07) is -0.580. The van der Waals surface area contributed by atoms with Gasteiger partial charge < -0.3 is 25.2 Å². The molecule has 2 heterocycles. The minimum Gasteiger partial charge on any atom is -0.395 e. The highest BCUT2D eigenvalue weighted by molar-refractivity contribution is 5.23. The maximum Gasteiger partial charge on any atom is 0.109 e. The number of allylic oxidation sites excluding steroid dienone is 1. The minimum atomic E-state index is -1.23. The molecule has 0 unspecified atom stereocenters. The van der Waals surface area contributed by atoms with E-state index in [2.05, 4.69) is 30.2 Å². The lowest BCUT2D eigenvalue weighted by Gasteiger charge is -2.56. The number of aryl methyl sites for hydroxylation is 1. The Kier molecular flexibility index (Phi) is 7.33. The molecule has 1 aliphatic heterocycles. The zero-order valence-corrected chi connectivity index (χ0v) is 19.2. The predicted octanol–water partition coefficient (Wildman–Crippen LogP) is 0.327. The lowest BCUT2D eigenvalue weighted by atomic mass is 9.48. The molecule has 1 saturated carbocycles. The van der Waals surface area contributed by atoms with Crippen LogP contribution in [0.25, 0.3) is 0 Å². The second-order valence-corrected chi connectivity index (χ2v) is 10.2. The van der Waals surface area contributed by atoms with Gasteiger partial charge in [0.15, 0.2) is 0 Å². The van der Waals surface area contributed by atoms with Crippen LogP contribution in [0.5, 0.6) is 0 Å². The number of hydrogen-bond donors (Lipinski definition) is 4. The van der Waals surface area contributed by atoms with Gasteiger partial charge in [-0.3, -0.25) is 9.58 Å². The third-order valence-corrected chi connectivity index (χ3v) is 8.00. The van der Waals surface area contributed by atoms with Gasteiger partial charge in [0.2, 0.25) is 0 Å². The molecule has 1 aromatic rings. The number of piperidine rings is 1. The van der Waals surface area contributed by atoms with Crippen LogP contribution in [0.15, 0.2) is 17.8 Å². The maximum absolute atomic E-state index is 10.1. The van der Waals surface area contributed by atoms with Crippen molar-refractivity contribution in [3.8, 4) is 0 Å². The molecule has 0 radical (unpaired) electrons. The van der Waals surface area contributed by atoms with Crippen LogP contribution in [0, 0.1) is 17.3 Å². The van der Waals surface area contributed by atoms with Crippen molar-refractivity contribution in [2.75, 3.05) is 26.3 Å². The van der Waals surface area contributed by atoms with E-state index >= 15 is 0 Å². The van der Waals surface area contributed by atoms with E-state index in [9.17, 15) is 20.4 Å². The summed E-state index contributed by atoms with van der Waals surface area (Å²) in [6.07, 6.45) is 5.13. The second-order valence-electron chi connectivity index (χ2n) is 10.2. The summed E-state index contributed by atoms with van der Waals surface area (Å²) in [5.74, 6) is 1.58. The molecule has 2 fully saturated rings. The monoisotopic (exact) mass is 450 g/mol. The molecule has 0 spiro atoms. The van der Waals surface area contributed by atoms with Gasteiger partial charge in [-0.15, -0.1) is 5.10 Å². The molecule has 0 aromatic carbocycles. The van der Waals surface area contributed by atoms with Crippen molar-refractivity contribution in [2.24, 2.45) is 17.3 Å². The van der Waals surface area contributed by atoms with E-state index in [0.29, 0.717) is 38.1 Å². The van der Waals surface area contributed by atoms with Crippen molar-refractivity contribution in [1.82, 2.24) is 19.9 Å². The third-order valence-electron chi connectivity index (χ3n) is 8.00. The number of likely N-dealkylation sites (tertiary alicyclic amines) is 1. The standard InChI is InChI=1S/C23H38N4O5/c1-23(2)16-5-4-15(18(23)10-16)6-9-32-14-17-11-27(25-24-17)8-3-7-26-12-20(29)22(31)21(30)19(26)13-28/h4,11,16,18-22,28-31H,3,5-10,12-14H2,1-2H3/t16-,18-,19-,20+,21-,22-/m1/s1. The molecule has 0 amide bonds. The second kappa shape index (κ2) is 9.87. The van der Waals surface area contributed by atoms with E-state index in [1.807, 2.05) is 11.1 Å². The predicted molar refractivity (Wildman–Crippen MR) is 117 cm³/mol. The van der Waals surface area contributed by atoms with Gasteiger partial charge in [0.25, 0.3) is 0 Å². The molecule has 180 valence electrons. The van der Waals surface area contributed by atoms with E-state index in [4.69, 9.17) is 4.74 Å². The van der Waals surface area contributed by atoms with Crippen LogP contribution in [0.1, 0.15) is 45.2 Å². The number of aromatic nitrogens is 3. The van der Waals surface area contributed by atoms with Gasteiger partial charge >= 0.3 is 0 Å². The fraction of sp³-hybridized carbons (Fsp3) is 0.826. The lowest BCUT2D eigenvalue weighted by molar-refractivity contribution is -0.145. The number of aliphatic hydroxyl groups is 4. The van der Waals surface area contributed by atoms with E-state index in [1.54, 1.807) is 10.3 Å². The molecular formula is C23H38N4O5. The highest BCUT2D eigenvalue weighted by Crippen LogP contribution is 2.59. The number of rotatable bonds is 10. The maximum atomic E-state index is 10.1. The van der Waals surface area contributed by atoms with Gasteiger partial charge in [0, 0.05) is 19.6 Å². The molecule has 5 rings (SSSR count). The topological polar surface area (TPSA) is 124 Å². The van der Waals surface area contributed by atoms with Crippen LogP contribution in [0.4, 0.5) is 0 Å². The summed E-state index contributed by atoms with van der Waals surface area (Å²) < 4.78 is 7.62. The van der Waals surface area contributed by atoms with Crippen molar-refractivity contribution in [1.29, 1.82) is 0 Å². The lowest BCUT2D eigenvalue weighted by Crippen LogP contribution is -2.62. The van der Waals surface area contributed by atoms with Crippen molar-refractivity contribution in [3.63, 3.8) is 0 Å². The van der Waals surface area contributed by atoms with Gasteiger partial charge in [-0.05, 0) is 42.9 Å². The quantitative estimate of drug-likeness (QED) is 0.297. The molecular weight excluding hydrogens is 412 g/mol. The molecule has 1 saturated heterocycles. The Balaban J connectivity index is 1.16. The fourth-order valence-electron chi connectivity index (χ4n) is 5.71. The molecule has 32 heavy (non-hydrogen) atoms. The summed E-state index contributed by atoms with van der Waals surface area (Å²) in [5.41, 5.74) is 2.81. The van der Waals surface area contributed by atoms with E-state index in [-0.39, 0.29) is 13.2 Å². The zero-order chi connectivity index (χ0) is 22.9. The molecule has 6 atom stereocenters. The first-order chi connectivity index (χ1) is 15.3. The van der Waals surface area contributed by atoms with Crippen LogP contribution >= 0.6 is 0 Å². The molecule has 4 N–H and O–H groups in total. The number of β-amino-alcohol motifs (C(OH)–C–C–N with tert-alkyl or cyclic N) is 1. The van der Waals surface area contributed by atoms with Gasteiger partial charge in [-0.1, -0.05) is 30.7 Å². The number of aliphatic hydroxyl groups excluding tert-OH is 4. The summed E-state index contributed by atoms with van der Waals surface area (Å²) in [7, 11) is 0. The molecule has 3 aliphatic carbocycles. The number of hydrogen-bond acceptors (Lipinski definition) is 8. The van der Waals surface area contributed by atoms with Crippen molar-refractivity contribution in [3.05, 3.63) is 23.5 Å². The highest BCUT2D eigenvalue weighted by Gasteiger charge is 2.50. The van der Waals surface area contributed by atoms with Crippen LogP contribution in [-0.2, 0) is 17.9 Å². The Bertz CT molecular complexity index is 797. The highest BCUT2D eigenvalue weighted by atomic mass is 16.5. The minimum absolute atomic E-state index is 0.217. The Labute approximate surface area is 189 Å². The Morgan fingerprint density at radius 3 is 2.72 bits per heavy atom. The summed E-state index contributed by atoms with van der Waals surface area (Å²) in [5, 5.41) is 47.7. The average molecular weight is 451 g/mol. The summed E-state index contributed by atoms with van der Waals surface area (Å²) >= 11 is 0. The zero-order valence-electron chi connectivity index (χ0n) is 19.2. The average Bonchev–Trinajstić information content (AvgIpc) is 3.23. The van der Waals surface area contributed by atoms with Gasteiger partial charge in [-0.25, -0.2) is 0 Å². The van der Waals surface area contributed by atoms with Crippen LogP contribution in [0.3, 0.4) is 0 Å². The van der Waals surface area contributed by atoms with Gasteiger partial charge in [0.05, 0.1) is 38.2 Å². The van der Waals surface area contributed by atoms with E-state index in [0.717, 1.165) is 24.0 Å². The Hall–Kier alpha value is -1.36. The Morgan fingerprint density at radius 1 is 1.19 bits per heavy atom. The van der Waals surface area contributed by atoms with Crippen LogP contribution in [-0.4, -0.2) is 91.0 Å². The van der Waals surface area contributed by atoms with Crippen LogP contribution in [0.2, 0.25) is 0 Å². The van der Waals surface area contributed by atoms with E-state index in [1.165, 1.54) is 12.8 Å². The van der Waals surface area contributed by atoms with Crippen LogP contribution < -0.4 is 0 Å². The molecule has 9 heteroatoms. The molecule has 2 bridgehead atoms. The first-order valence-corrected chi connectivity index (χ1v) is 11.9. The third kappa shape index (κ3) is 4.78. The van der Waals surface area contributed by atoms with Crippen molar-refractivity contribution >= 4 is 0 Å². The van der Waals surface area contributed by atoms with Crippen molar-refractivity contribution < 1.29 is 25.2 Å². The Morgan fingerprint density at radius 2 is 2.00 bits per heavy atom. The molecule has 9 nitrogen and oxygen atoms in total. The van der Waals surface area contributed by atoms with Gasteiger partial charge in [0.1, 0.15) is 17.9 Å². The number of ether oxygens (including phenoxy) is 1. The SMILES string of the molecule is CC1(C)[C@@H]2CC=C(CCOCc3cn(CCCN4C[C@H](O)[C@@H](O)[C@H](O)[C@H]4CO)nn3)[C@H]1C2. The fourth-order valence-corrected chi connectivity index (χ4v) is 5.71. The summed E-state index contributed by atoms with van der Waals surface area (Å²) in [4.78, 5) is 1.81. The first kappa shape index (κ1) is 23.8. The number of fused-ring (bicyclic) bond motifs is 1. The van der Waals surface area contributed by atoms with Crippen molar-refractivity contribution in [2.45, 2.75) is 77.0 Å². The summed E-state index contributed by atoms with van der Waals surface area (Å²) in [6.45, 7) is 7.05. The van der Waals surface area contributed by atoms with Gasteiger partial charge in [-0.2, -0.15) is 0 Å². The largest absolute Gasteiger partial charge is 0.395 e. The smallest absolute Gasteiger partial charge is 0.109 e. The first-order valence-electron chi connectivity index (χ1n) is 11.9. The van der Waals surface area contributed by atoms with E-state index < -0.39 is 24.4 Å². The molecule has 1 aromatic heterocycles. The normalized spacial score (nSPS) is 34.2. The number of nitrogens with zero attached hydrogens (tertiary/aromatic N) is 4.